The largest absolute Gasteiger partial charge is 0.490 e. The number of carbonyl (C=O) groups is 1. The highest BCUT2D eigenvalue weighted by atomic mass is 32.3. The summed E-state index contributed by atoms with van der Waals surface area (Å²) in [4.78, 5) is 13.6. The van der Waals surface area contributed by atoms with Crippen LogP contribution in [0.2, 0.25) is 0 Å². The summed E-state index contributed by atoms with van der Waals surface area (Å²) in [6.07, 6.45) is -1.81. The van der Waals surface area contributed by atoms with Crippen LogP contribution in [0.4, 0.5) is 13.2 Å². The van der Waals surface area contributed by atoms with Crippen LogP contribution in [0.3, 0.4) is 0 Å². The molecule has 2 N–H and O–H groups in total. The minimum Gasteiger partial charge on any atom is -0.475 e. The molecule has 0 saturated carbocycles. The first-order valence-corrected chi connectivity index (χ1v) is 7.55. The molecule has 0 amide bonds. The molecule has 22 heavy (non-hydrogen) atoms. The molecular formula is C11H8F3NO5S2. The zero-order chi connectivity index (χ0) is 17.0. The van der Waals surface area contributed by atoms with E-state index < -0.39 is 22.3 Å². The van der Waals surface area contributed by atoms with Gasteiger partial charge < -0.3 is 5.11 Å². The third-order valence-corrected chi connectivity index (χ3v) is 4.48. The predicted molar refractivity (Wildman–Crippen MR) is 71.1 cm³/mol. The normalized spacial score (nSPS) is 11.5. The average molecular weight is 355 g/mol. The van der Waals surface area contributed by atoms with Gasteiger partial charge in [0.25, 0.3) is 0 Å². The lowest BCUT2D eigenvalue weighted by Crippen LogP contribution is -2.21. The Kier molecular flexibility index (Phi) is 5.63. The van der Waals surface area contributed by atoms with Gasteiger partial charge in [0, 0.05) is 22.8 Å². The van der Waals surface area contributed by atoms with Gasteiger partial charge in [-0.1, -0.05) is 6.07 Å². The second kappa shape index (κ2) is 6.85. The van der Waals surface area contributed by atoms with E-state index in [9.17, 15) is 21.6 Å². The van der Waals surface area contributed by atoms with Crippen LogP contribution in [-0.2, 0) is 14.9 Å². The zero-order valence-corrected chi connectivity index (χ0v) is 12.1. The van der Waals surface area contributed by atoms with Crippen molar-refractivity contribution in [1.82, 2.24) is 4.98 Å². The van der Waals surface area contributed by atoms with Crippen LogP contribution in [0, 0.1) is 0 Å². The topological polar surface area (TPSA) is 105 Å². The highest BCUT2D eigenvalue weighted by molar-refractivity contribution is 7.88. The number of alkyl halides is 3. The molecule has 0 spiro atoms. The first-order valence-electron chi connectivity index (χ1n) is 5.29. The van der Waals surface area contributed by atoms with Crippen LogP contribution < -0.4 is 0 Å². The number of nitrogens with zero attached hydrogens (tertiary/aromatic N) is 1. The van der Waals surface area contributed by atoms with Crippen LogP contribution in [0.1, 0.15) is 0 Å². The van der Waals surface area contributed by atoms with Crippen LogP contribution in [0.25, 0.3) is 10.4 Å². The molecule has 0 aromatic carbocycles. The summed E-state index contributed by atoms with van der Waals surface area (Å²) >= 11 is 1.01. The maximum absolute atomic E-state index is 10.8. The van der Waals surface area contributed by atoms with Gasteiger partial charge in [0.05, 0.1) is 0 Å². The number of hydrogen-bond acceptors (Lipinski definition) is 5. The number of carboxylic acid groups (broad SMARTS) is 1. The molecule has 0 radical (unpaired) electrons. The number of rotatable bonds is 2. The molecule has 0 saturated heterocycles. The molecule has 2 rings (SSSR count). The number of aromatic nitrogens is 1. The second-order valence-corrected chi connectivity index (χ2v) is 6.37. The Bertz CT molecular complexity index is 741. The molecule has 120 valence electrons. The Labute approximate surface area is 126 Å². The molecule has 11 heteroatoms. The van der Waals surface area contributed by atoms with Crippen LogP contribution >= 0.6 is 11.3 Å². The molecule has 0 fully saturated rings. The van der Waals surface area contributed by atoms with E-state index in [4.69, 9.17) is 14.5 Å². The molecule has 2 aromatic rings. The van der Waals surface area contributed by atoms with Gasteiger partial charge in [0.15, 0.2) is 0 Å². The van der Waals surface area contributed by atoms with Gasteiger partial charge in [-0.15, -0.1) is 11.3 Å². The van der Waals surface area contributed by atoms with Gasteiger partial charge in [0.1, 0.15) is 4.21 Å². The van der Waals surface area contributed by atoms with Crippen molar-refractivity contribution in [3.8, 4) is 10.4 Å². The van der Waals surface area contributed by atoms with Crippen LogP contribution in [-0.4, -0.2) is 35.2 Å². The number of hydrogen-bond donors (Lipinski definition) is 2. The van der Waals surface area contributed by atoms with Gasteiger partial charge >= 0.3 is 22.3 Å². The first kappa shape index (κ1) is 18.1. The summed E-state index contributed by atoms with van der Waals surface area (Å²) in [6, 6.07) is 6.61. The lowest BCUT2D eigenvalue weighted by atomic mass is 10.2. The van der Waals surface area contributed by atoms with Crippen molar-refractivity contribution < 1.29 is 36.0 Å². The zero-order valence-electron chi connectivity index (χ0n) is 10.5. The van der Waals surface area contributed by atoms with Gasteiger partial charge in [-0.05, 0) is 18.2 Å². The molecule has 0 unspecified atom stereocenters. The quantitative estimate of drug-likeness (QED) is 0.803. The minimum absolute atomic E-state index is 0.0543. The van der Waals surface area contributed by atoms with Gasteiger partial charge in [-0.25, -0.2) is 4.79 Å². The Balaban J connectivity index is 0.000000295. The highest BCUT2D eigenvalue weighted by Crippen LogP contribution is 2.29. The third-order valence-electron chi connectivity index (χ3n) is 2.02. The van der Waals surface area contributed by atoms with E-state index in [1.54, 1.807) is 24.5 Å². The first-order chi connectivity index (χ1) is 10.0. The SMILES string of the molecule is O=C(O)C(F)(F)F.O=S(=O)(O)c1ccc(-c2cccnc2)s1. The van der Waals surface area contributed by atoms with E-state index in [1.165, 1.54) is 6.07 Å². The highest BCUT2D eigenvalue weighted by Gasteiger charge is 2.38. The van der Waals surface area contributed by atoms with Crippen molar-refractivity contribution in [2.75, 3.05) is 0 Å². The summed E-state index contributed by atoms with van der Waals surface area (Å²) in [5.74, 6) is -2.76. The smallest absolute Gasteiger partial charge is 0.475 e. The summed E-state index contributed by atoms with van der Waals surface area (Å²) in [5.41, 5.74) is 0.831. The van der Waals surface area contributed by atoms with Crippen molar-refractivity contribution in [3.05, 3.63) is 36.7 Å². The number of aliphatic carboxylic acids is 1. The van der Waals surface area contributed by atoms with Crippen molar-refractivity contribution >= 4 is 27.4 Å². The summed E-state index contributed by atoms with van der Waals surface area (Å²) in [7, 11) is -4.09. The fourth-order valence-electron chi connectivity index (χ4n) is 1.12. The van der Waals surface area contributed by atoms with E-state index in [0.717, 1.165) is 21.8 Å². The van der Waals surface area contributed by atoms with Gasteiger partial charge in [-0.3, -0.25) is 9.54 Å². The Morgan fingerprint density at radius 2 is 1.82 bits per heavy atom. The van der Waals surface area contributed by atoms with E-state index in [1.807, 2.05) is 6.07 Å². The molecule has 6 nitrogen and oxygen atoms in total. The monoisotopic (exact) mass is 355 g/mol. The fraction of sp³-hybridized carbons (Fsp3) is 0.0909. The van der Waals surface area contributed by atoms with E-state index >= 15 is 0 Å². The molecule has 0 atom stereocenters. The number of pyridine rings is 1. The summed E-state index contributed by atoms with van der Waals surface area (Å²) < 4.78 is 62.2. The van der Waals surface area contributed by atoms with E-state index in [-0.39, 0.29) is 4.21 Å². The second-order valence-electron chi connectivity index (χ2n) is 3.64. The number of halogens is 3. The average Bonchev–Trinajstić information content (AvgIpc) is 2.89. The molecule has 0 aliphatic carbocycles. The fourth-order valence-corrected chi connectivity index (χ4v) is 2.78. The maximum atomic E-state index is 10.8. The number of thiophene rings is 1. The maximum Gasteiger partial charge on any atom is 0.490 e. The predicted octanol–water partition coefficient (Wildman–Crippen LogP) is 2.69. The molecule has 0 bridgehead atoms. The minimum atomic E-state index is -5.08. The Morgan fingerprint density at radius 1 is 1.23 bits per heavy atom. The molecule has 0 aliphatic rings. The Morgan fingerprint density at radius 3 is 2.18 bits per heavy atom. The van der Waals surface area contributed by atoms with Crippen molar-refractivity contribution in [2.24, 2.45) is 0 Å². The Hall–Kier alpha value is -1.98. The molecule has 2 heterocycles. The molecular weight excluding hydrogens is 347 g/mol. The van der Waals surface area contributed by atoms with Crippen LogP contribution in [0.15, 0.2) is 40.9 Å². The lowest BCUT2D eigenvalue weighted by Gasteiger charge is -1.93. The van der Waals surface area contributed by atoms with Crippen LogP contribution in [0.5, 0.6) is 0 Å². The lowest BCUT2D eigenvalue weighted by molar-refractivity contribution is -0.192. The van der Waals surface area contributed by atoms with E-state index in [2.05, 4.69) is 4.98 Å². The van der Waals surface area contributed by atoms with Crippen molar-refractivity contribution in [1.29, 1.82) is 0 Å². The summed E-state index contributed by atoms with van der Waals surface area (Å²) in [6.45, 7) is 0. The standard InChI is InChI=1S/C9H7NO3S2.C2HF3O2/c11-15(12,13)9-4-3-8(14-9)7-2-1-5-10-6-7;3-2(4,5)1(6)7/h1-6H,(H,11,12,13);(H,6,7). The third kappa shape index (κ3) is 5.42. The number of carboxylic acids is 1. The molecule has 2 aromatic heterocycles. The van der Waals surface area contributed by atoms with E-state index in [0.29, 0.717) is 0 Å². The molecule has 0 aliphatic heterocycles. The van der Waals surface area contributed by atoms with Gasteiger partial charge in [-0.2, -0.15) is 21.6 Å². The van der Waals surface area contributed by atoms with Gasteiger partial charge in [0.2, 0.25) is 0 Å². The van der Waals surface area contributed by atoms with Crippen molar-refractivity contribution in [3.63, 3.8) is 0 Å². The van der Waals surface area contributed by atoms with Crippen molar-refractivity contribution in [2.45, 2.75) is 10.4 Å². The summed E-state index contributed by atoms with van der Waals surface area (Å²) in [5, 5.41) is 7.12.